The first kappa shape index (κ1) is 24.2. The minimum absolute atomic E-state index is 0.0672. The third-order valence-corrected chi connectivity index (χ3v) is 7.95. The Morgan fingerprint density at radius 1 is 0.939 bits per heavy atom. The Bertz CT molecular complexity index is 1470. The zero-order valence-electron chi connectivity index (χ0n) is 17.2. The smallest absolute Gasteiger partial charge is 0.343 e. The summed E-state index contributed by atoms with van der Waals surface area (Å²) in [5.41, 5.74) is 0.312. The summed E-state index contributed by atoms with van der Waals surface area (Å²) >= 11 is 5.80. The van der Waals surface area contributed by atoms with Gasteiger partial charge in [0, 0.05) is 16.2 Å². The van der Waals surface area contributed by atoms with Crippen molar-refractivity contribution in [2.24, 2.45) is 4.36 Å². The van der Waals surface area contributed by atoms with Crippen LogP contribution in [0.5, 0.6) is 5.75 Å². The first-order valence-electron chi connectivity index (χ1n) is 9.33. The zero-order valence-corrected chi connectivity index (χ0v) is 19.6. The second kappa shape index (κ2) is 10.0. The lowest BCUT2D eigenvalue weighted by atomic mass is 10.2. The Balaban J connectivity index is 1.83. The van der Waals surface area contributed by atoms with E-state index >= 15 is 0 Å². The average Bonchev–Trinajstić information content (AvgIpc) is 2.80. The summed E-state index contributed by atoms with van der Waals surface area (Å²) < 4.78 is 47.4. The number of benzene rings is 3. The summed E-state index contributed by atoms with van der Waals surface area (Å²) in [5.74, 6) is -0.372. The van der Waals surface area contributed by atoms with E-state index in [4.69, 9.17) is 16.3 Å². The molecule has 0 saturated heterocycles. The van der Waals surface area contributed by atoms with E-state index in [-0.39, 0.29) is 15.5 Å². The second-order valence-corrected chi connectivity index (χ2v) is 11.3. The third-order valence-electron chi connectivity index (χ3n) is 4.38. The Kier molecular flexibility index (Phi) is 7.33. The van der Waals surface area contributed by atoms with Crippen molar-refractivity contribution < 1.29 is 22.2 Å². The predicted octanol–water partition coefficient (Wildman–Crippen LogP) is 4.85. The molecule has 0 radical (unpaired) electrons. The molecule has 10 heteroatoms. The van der Waals surface area contributed by atoms with Gasteiger partial charge in [-0.2, -0.15) is 5.26 Å². The van der Waals surface area contributed by atoms with Crippen molar-refractivity contribution in [1.82, 2.24) is 0 Å². The molecule has 0 aliphatic heterocycles. The standard InChI is InChI=1S/C23H17ClN2O5S2/c1-32(28,26-16-22(15-25)33(29,30)21-5-3-2-4-6-21)20-13-11-19(12-14-20)31-23(27)17-7-9-18(24)10-8-17/h2-14,16H,1H3/b22-16+. The number of carbonyl (C=O) groups is 1. The molecule has 0 spiro atoms. The van der Waals surface area contributed by atoms with Crippen LogP contribution in [0.3, 0.4) is 0 Å². The number of hydrogen-bond donors (Lipinski definition) is 0. The fraction of sp³-hybridized carbons (Fsp3) is 0.0435. The number of sulfone groups is 1. The van der Waals surface area contributed by atoms with E-state index < -0.39 is 30.4 Å². The van der Waals surface area contributed by atoms with E-state index in [2.05, 4.69) is 4.36 Å². The Labute approximate surface area is 197 Å². The number of ether oxygens (including phenoxy) is 1. The van der Waals surface area contributed by atoms with Gasteiger partial charge in [-0.05, 0) is 60.7 Å². The molecule has 0 fully saturated rings. The Morgan fingerprint density at radius 3 is 2.12 bits per heavy atom. The maximum absolute atomic E-state index is 13.0. The van der Waals surface area contributed by atoms with Crippen LogP contribution in [0.4, 0.5) is 0 Å². The molecule has 0 bridgehead atoms. The van der Waals surface area contributed by atoms with Crippen molar-refractivity contribution in [3.8, 4) is 11.8 Å². The number of nitrogens with zero attached hydrogens (tertiary/aromatic N) is 2. The summed E-state index contributed by atoms with van der Waals surface area (Å²) in [4.78, 5) is 11.8. The monoisotopic (exact) mass is 500 g/mol. The number of halogens is 1. The van der Waals surface area contributed by atoms with E-state index in [0.717, 1.165) is 6.20 Å². The number of allylic oxidation sites excluding steroid dienone is 1. The van der Waals surface area contributed by atoms with E-state index in [1.165, 1.54) is 66.9 Å². The maximum atomic E-state index is 13.0. The van der Waals surface area contributed by atoms with Crippen LogP contribution < -0.4 is 4.74 Å². The van der Waals surface area contributed by atoms with Crippen LogP contribution in [-0.2, 0) is 19.6 Å². The number of nitriles is 1. The molecular formula is C23H17ClN2O5S2. The van der Waals surface area contributed by atoms with Crippen LogP contribution in [-0.4, -0.2) is 24.9 Å². The lowest BCUT2D eigenvalue weighted by Crippen LogP contribution is -2.08. The molecule has 0 aliphatic carbocycles. The maximum Gasteiger partial charge on any atom is 0.343 e. The molecule has 0 saturated carbocycles. The van der Waals surface area contributed by atoms with E-state index in [1.54, 1.807) is 24.3 Å². The molecule has 3 rings (SSSR count). The van der Waals surface area contributed by atoms with Gasteiger partial charge in [-0.15, -0.1) is 0 Å². The molecule has 0 aromatic heterocycles. The number of esters is 1. The molecular weight excluding hydrogens is 484 g/mol. The number of rotatable bonds is 6. The van der Waals surface area contributed by atoms with Crippen LogP contribution in [0.2, 0.25) is 5.02 Å². The SMILES string of the molecule is CS(=O)(=N/C=C(\C#N)S(=O)(=O)c1ccccc1)c1ccc(OC(=O)c2ccc(Cl)cc2)cc1. The summed E-state index contributed by atoms with van der Waals surface area (Å²) in [7, 11) is -7.17. The lowest BCUT2D eigenvalue weighted by Gasteiger charge is -2.07. The van der Waals surface area contributed by atoms with Gasteiger partial charge in [0.05, 0.1) is 26.4 Å². The van der Waals surface area contributed by atoms with Gasteiger partial charge in [-0.1, -0.05) is 29.8 Å². The molecule has 0 heterocycles. The molecule has 3 aromatic rings. The van der Waals surface area contributed by atoms with Gasteiger partial charge >= 0.3 is 5.97 Å². The van der Waals surface area contributed by atoms with Gasteiger partial charge in [0.25, 0.3) is 0 Å². The van der Waals surface area contributed by atoms with Crippen LogP contribution in [0, 0.1) is 11.3 Å². The highest BCUT2D eigenvalue weighted by atomic mass is 35.5. The van der Waals surface area contributed by atoms with Crippen molar-refractivity contribution in [3.05, 3.63) is 101 Å². The highest BCUT2D eigenvalue weighted by Gasteiger charge is 2.20. The average molecular weight is 501 g/mol. The number of hydrogen-bond acceptors (Lipinski definition) is 7. The molecule has 0 aliphatic rings. The third kappa shape index (κ3) is 5.87. The minimum atomic E-state index is -4.09. The summed E-state index contributed by atoms with van der Waals surface area (Å²) in [6.45, 7) is 0. The predicted molar refractivity (Wildman–Crippen MR) is 125 cm³/mol. The van der Waals surface area contributed by atoms with E-state index in [1.807, 2.05) is 0 Å². The highest BCUT2D eigenvalue weighted by molar-refractivity contribution is 7.95. The zero-order chi connectivity index (χ0) is 24.1. The van der Waals surface area contributed by atoms with Crippen LogP contribution in [0.15, 0.2) is 104 Å². The van der Waals surface area contributed by atoms with Crippen molar-refractivity contribution in [3.63, 3.8) is 0 Å². The van der Waals surface area contributed by atoms with Gasteiger partial charge in [-0.25, -0.2) is 21.8 Å². The molecule has 7 nitrogen and oxygen atoms in total. The van der Waals surface area contributed by atoms with E-state index in [9.17, 15) is 22.7 Å². The molecule has 0 N–H and O–H groups in total. The summed E-state index contributed by atoms with van der Waals surface area (Å²) in [5, 5.41) is 9.80. The molecule has 3 aromatic carbocycles. The molecule has 0 amide bonds. The molecule has 168 valence electrons. The quantitative estimate of drug-likeness (QED) is 0.271. The topological polar surface area (TPSA) is 114 Å². The number of carbonyl (C=O) groups excluding carboxylic acids is 1. The van der Waals surface area contributed by atoms with Crippen LogP contribution >= 0.6 is 11.6 Å². The van der Waals surface area contributed by atoms with Gasteiger partial charge in [0.1, 0.15) is 11.8 Å². The normalized spacial score (nSPS) is 13.4. The first-order valence-corrected chi connectivity index (χ1v) is 13.1. The fourth-order valence-corrected chi connectivity index (χ4v) is 4.95. The highest BCUT2D eigenvalue weighted by Crippen LogP contribution is 2.22. The van der Waals surface area contributed by atoms with Gasteiger partial charge in [0.2, 0.25) is 9.84 Å². The summed E-state index contributed by atoms with van der Waals surface area (Å²) in [6, 6.07) is 21.0. The summed E-state index contributed by atoms with van der Waals surface area (Å²) in [6.07, 6.45) is 2.11. The van der Waals surface area contributed by atoms with Gasteiger partial charge in [-0.3, -0.25) is 0 Å². The van der Waals surface area contributed by atoms with Crippen LogP contribution in [0.1, 0.15) is 10.4 Å². The molecule has 1 unspecified atom stereocenters. The van der Waals surface area contributed by atoms with Crippen molar-refractivity contribution in [2.75, 3.05) is 6.26 Å². The van der Waals surface area contributed by atoms with Gasteiger partial charge < -0.3 is 4.74 Å². The second-order valence-electron chi connectivity index (χ2n) is 6.70. The largest absolute Gasteiger partial charge is 0.423 e. The first-order chi connectivity index (χ1) is 15.6. The molecule has 33 heavy (non-hydrogen) atoms. The van der Waals surface area contributed by atoms with E-state index in [0.29, 0.717) is 10.6 Å². The minimum Gasteiger partial charge on any atom is -0.423 e. The lowest BCUT2D eigenvalue weighted by molar-refractivity contribution is 0.0734. The van der Waals surface area contributed by atoms with Crippen molar-refractivity contribution >= 4 is 37.1 Å². The molecule has 1 atom stereocenters. The Morgan fingerprint density at radius 2 is 1.55 bits per heavy atom. The van der Waals surface area contributed by atoms with Crippen molar-refractivity contribution in [1.29, 1.82) is 5.26 Å². The van der Waals surface area contributed by atoms with Crippen molar-refractivity contribution in [2.45, 2.75) is 9.79 Å². The van der Waals surface area contributed by atoms with Gasteiger partial charge in [0.15, 0.2) is 4.91 Å². The fourth-order valence-electron chi connectivity index (χ4n) is 2.61. The Hall–Kier alpha value is -3.45. The van der Waals surface area contributed by atoms with Crippen LogP contribution in [0.25, 0.3) is 0 Å².